The lowest BCUT2D eigenvalue weighted by atomic mass is 9.85. The Balaban J connectivity index is 1.64. The number of carbonyl (C=O) groups is 1. The third kappa shape index (κ3) is 3.85. The number of hydrogen-bond donors (Lipinski definition) is 3. The zero-order valence-electron chi connectivity index (χ0n) is 12.6. The minimum absolute atomic E-state index is 0.130. The summed E-state index contributed by atoms with van der Waals surface area (Å²) in [5.41, 5.74) is 0. The third-order valence-corrected chi connectivity index (χ3v) is 4.58. The van der Waals surface area contributed by atoms with Crippen LogP contribution in [-0.4, -0.2) is 43.5 Å². The van der Waals surface area contributed by atoms with E-state index in [1.54, 1.807) is 0 Å². The minimum atomic E-state index is -0.130. The second-order valence-corrected chi connectivity index (χ2v) is 6.57. The molecule has 0 spiro atoms. The van der Waals surface area contributed by atoms with Crippen molar-refractivity contribution in [3.05, 3.63) is 0 Å². The van der Waals surface area contributed by atoms with Crippen molar-refractivity contribution in [1.82, 2.24) is 10.6 Å². The van der Waals surface area contributed by atoms with Crippen molar-refractivity contribution in [2.45, 2.75) is 39.2 Å². The van der Waals surface area contributed by atoms with Crippen LogP contribution in [0.1, 0.15) is 33.1 Å². The van der Waals surface area contributed by atoms with Crippen LogP contribution in [0.5, 0.6) is 0 Å². The van der Waals surface area contributed by atoms with E-state index in [0.29, 0.717) is 30.9 Å². The third-order valence-electron chi connectivity index (χ3n) is 4.58. The Morgan fingerprint density at radius 1 is 1.35 bits per heavy atom. The van der Waals surface area contributed by atoms with Gasteiger partial charge >= 0.3 is 6.03 Å². The van der Waals surface area contributed by atoms with Gasteiger partial charge in [-0.25, -0.2) is 4.79 Å². The van der Waals surface area contributed by atoms with Gasteiger partial charge in [0.2, 0.25) is 0 Å². The number of aliphatic hydroxyl groups is 1. The molecule has 0 aromatic heterocycles. The Hall–Kier alpha value is -0.810. The lowest BCUT2D eigenvalue weighted by molar-refractivity contribution is 0.111. The highest BCUT2D eigenvalue weighted by atomic mass is 16.5. The van der Waals surface area contributed by atoms with Gasteiger partial charge in [0.25, 0.3) is 0 Å². The van der Waals surface area contributed by atoms with Crippen LogP contribution in [0.15, 0.2) is 0 Å². The molecule has 2 fully saturated rings. The molecule has 3 N–H and O–H groups in total. The van der Waals surface area contributed by atoms with Gasteiger partial charge in [-0.1, -0.05) is 13.8 Å². The number of amides is 2. The summed E-state index contributed by atoms with van der Waals surface area (Å²) in [5, 5.41) is 15.4. The van der Waals surface area contributed by atoms with Crippen molar-refractivity contribution < 1.29 is 14.6 Å². The molecule has 5 heteroatoms. The monoisotopic (exact) mass is 284 g/mol. The number of carbonyl (C=O) groups excluding carboxylic acids is 1. The zero-order chi connectivity index (χ0) is 14.5. The van der Waals surface area contributed by atoms with Gasteiger partial charge in [0, 0.05) is 31.7 Å². The average molecular weight is 284 g/mol. The first-order chi connectivity index (χ1) is 9.61. The smallest absolute Gasteiger partial charge is 0.315 e. The molecule has 0 aromatic carbocycles. The normalized spacial score (nSPS) is 31.8. The lowest BCUT2D eigenvalue weighted by Gasteiger charge is -2.30. The van der Waals surface area contributed by atoms with Gasteiger partial charge in [-0.2, -0.15) is 0 Å². The molecule has 0 heterocycles. The predicted molar refractivity (Wildman–Crippen MR) is 77.4 cm³/mol. The van der Waals surface area contributed by atoms with E-state index in [2.05, 4.69) is 24.5 Å². The first-order valence-corrected chi connectivity index (χ1v) is 7.84. The molecular formula is C15H28N2O3. The predicted octanol–water partition coefficient (Wildman–Crippen LogP) is 1.37. The van der Waals surface area contributed by atoms with Crippen LogP contribution < -0.4 is 10.6 Å². The molecule has 20 heavy (non-hydrogen) atoms. The molecule has 2 aliphatic carbocycles. The Labute approximate surface area is 121 Å². The van der Waals surface area contributed by atoms with Crippen LogP contribution >= 0.6 is 0 Å². The highest BCUT2D eigenvalue weighted by molar-refractivity contribution is 5.74. The van der Waals surface area contributed by atoms with E-state index in [-0.39, 0.29) is 24.6 Å². The topological polar surface area (TPSA) is 70.6 Å². The van der Waals surface area contributed by atoms with Crippen LogP contribution in [-0.2, 0) is 4.74 Å². The van der Waals surface area contributed by atoms with Gasteiger partial charge in [0.05, 0.1) is 6.61 Å². The highest BCUT2D eigenvalue weighted by Gasteiger charge is 2.47. The maximum Gasteiger partial charge on any atom is 0.315 e. The SMILES string of the molecule is CC(C)COCCNC(=O)NC1C2CCC(C2)C1CO. The molecule has 2 saturated carbocycles. The van der Waals surface area contributed by atoms with Gasteiger partial charge in [-0.05, 0) is 37.0 Å². The van der Waals surface area contributed by atoms with Crippen molar-refractivity contribution >= 4 is 6.03 Å². The standard InChI is InChI=1S/C15H28N2O3/c1-10(2)9-20-6-5-16-15(19)17-14-12-4-3-11(7-12)13(14)8-18/h10-14,18H,3-9H2,1-2H3,(H2,16,17,19). The number of aliphatic hydroxyl groups excluding tert-OH is 1. The van der Waals surface area contributed by atoms with Crippen molar-refractivity contribution in [2.24, 2.45) is 23.7 Å². The second-order valence-electron chi connectivity index (χ2n) is 6.57. The Bertz CT molecular complexity index is 322. The molecule has 2 bridgehead atoms. The van der Waals surface area contributed by atoms with E-state index in [1.807, 2.05) is 0 Å². The summed E-state index contributed by atoms with van der Waals surface area (Å²) >= 11 is 0. The van der Waals surface area contributed by atoms with Crippen LogP contribution in [0.3, 0.4) is 0 Å². The first kappa shape index (κ1) is 15.6. The summed E-state index contributed by atoms with van der Waals surface area (Å²) in [5.74, 6) is 1.92. The van der Waals surface area contributed by atoms with E-state index >= 15 is 0 Å². The molecule has 5 nitrogen and oxygen atoms in total. The van der Waals surface area contributed by atoms with Gasteiger partial charge in [0.15, 0.2) is 0 Å². The average Bonchev–Trinajstić information content (AvgIpc) is 2.98. The van der Waals surface area contributed by atoms with Crippen LogP contribution in [0.2, 0.25) is 0 Å². The van der Waals surface area contributed by atoms with E-state index < -0.39 is 0 Å². The quantitative estimate of drug-likeness (QED) is 0.618. The maximum atomic E-state index is 11.9. The molecule has 2 amide bonds. The Morgan fingerprint density at radius 2 is 2.10 bits per heavy atom. The van der Waals surface area contributed by atoms with Gasteiger partial charge < -0.3 is 20.5 Å². The molecule has 2 rings (SSSR count). The largest absolute Gasteiger partial charge is 0.396 e. The van der Waals surface area contributed by atoms with E-state index in [1.165, 1.54) is 12.8 Å². The molecule has 0 aliphatic heterocycles. The van der Waals surface area contributed by atoms with Gasteiger partial charge in [-0.15, -0.1) is 0 Å². The van der Waals surface area contributed by atoms with Crippen LogP contribution in [0.4, 0.5) is 4.79 Å². The Kier molecular flexibility index (Phi) is 5.66. The van der Waals surface area contributed by atoms with E-state index in [9.17, 15) is 9.90 Å². The molecule has 0 saturated heterocycles. The van der Waals surface area contributed by atoms with Crippen molar-refractivity contribution in [3.8, 4) is 0 Å². The zero-order valence-corrected chi connectivity index (χ0v) is 12.6. The summed E-state index contributed by atoms with van der Waals surface area (Å²) in [6.45, 7) is 6.19. The summed E-state index contributed by atoms with van der Waals surface area (Å²) in [7, 11) is 0. The first-order valence-electron chi connectivity index (χ1n) is 7.84. The molecular weight excluding hydrogens is 256 g/mol. The fourth-order valence-corrected chi connectivity index (χ4v) is 3.66. The minimum Gasteiger partial charge on any atom is -0.396 e. The van der Waals surface area contributed by atoms with Gasteiger partial charge in [0.1, 0.15) is 0 Å². The van der Waals surface area contributed by atoms with Crippen molar-refractivity contribution in [1.29, 1.82) is 0 Å². The number of urea groups is 1. The lowest BCUT2D eigenvalue weighted by Crippen LogP contribution is -2.49. The number of ether oxygens (including phenoxy) is 1. The molecule has 2 aliphatic rings. The number of hydrogen-bond acceptors (Lipinski definition) is 3. The van der Waals surface area contributed by atoms with Crippen molar-refractivity contribution in [3.63, 3.8) is 0 Å². The number of fused-ring (bicyclic) bond motifs is 2. The molecule has 0 aromatic rings. The fourth-order valence-electron chi connectivity index (χ4n) is 3.66. The van der Waals surface area contributed by atoms with Gasteiger partial charge in [-0.3, -0.25) is 0 Å². The molecule has 4 atom stereocenters. The summed E-state index contributed by atoms with van der Waals surface area (Å²) < 4.78 is 5.42. The van der Waals surface area contributed by atoms with Crippen molar-refractivity contribution in [2.75, 3.05) is 26.4 Å². The number of rotatable bonds is 7. The molecule has 116 valence electrons. The number of nitrogens with one attached hydrogen (secondary N) is 2. The Morgan fingerprint density at radius 3 is 2.80 bits per heavy atom. The highest BCUT2D eigenvalue weighted by Crippen LogP contribution is 2.48. The second kappa shape index (κ2) is 7.27. The summed E-state index contributed by atoms with van der Waals surface area (Å²) in [4.78, 5) is 11.9. The molecule has 0 radical (unpaired) electrons. The van der Waals surface area contributed by atoms with Crippen LogP contribution in [0, 0.1) is 23.7 Å². The van der Waals surface area contributed by atoms with Crippen LogP contribution in [0.25, 0.3) is 0 Å². The fraction of sp³-hybridized carbons (Fsp3) is 0.933. The molecule has 4 unspecified atom stereocenters. The summed E-state index contributed by atoms with van der Waals surface area (Å²) in [6, 6.07) is 0.0180. The maximum absolute atomic E-state index is 11.9. The van der Waals surface area contributed by atoms with E-state index in [4.69, 9.17) is 4.74 Å². The van der Waals surface area contributed by atoms with E-state index in [0.717, 1.165) is 13.0 Å². The summed E-state index contributed by atoms with van der Waals surface area (Å²) in [6.07, 6.45) is 3.55.